The minimum Gasteiger partial charge on any atom is -0.458 e. The lowest BCUT2D eigenvalue weighted by Gasteiger charge is -2.42. The lowest BCUT2D eigenvalue weighted by Crippen LogP contribution is -2.34. The van der Waals surface area contributed by atoms with Gasteiger partial charge < -0.3 is 9.15 Å². The first-order chi connectivity index (χ1) is 42.3. The summed E-state index contributed by atoms with van der Waals surface area (Å²) < 4.78 is 20.4. The molecule has 10 aromatic carbocycles. The van der Waals surface area contributed by atoms with Crippen molar-refractivity contribution in [1.29, 1.82) is 0 Å². The number of aromatic nitrogens is 4. The van der Waals surface area contributed by atoms with Crippen molar-refractivity contribution < 1.29 is 13.7 Å². The van der Waals surface area contributed by atoms with E-state index in [1.165, 1.54) is 44.3 Å². The van der Waals surface area contributed by atoms with Crippen LogP contribution in [0.1, 0.15) is 104 Å². The molecule has 5 heterocycles. The first-order valence-corrected chi connectivity index (χ1v) is 31.1. The average Bonchev–Trinajstić information content (AvgIpc) is 1.42. The monoisotopic (exact) mass is 1140 g/mol. The topological polar surface area (TPSA) is 49.0 Å². The number of fused-ring (bicyclic) bond motifs is 14. The zero-order valence-electron chi connectivity index (χ0n) is 51.8. The Balaban J connectivity index is 0.960. The van der Waals surface area contributed by atoms with Gasteiger partial charge in [0.1, 0.15) is 28.5 Å². The molecule has 4 aromatic heterocycles. The van der Waals surface area contributed by atoms with E-state index >= 15 is 0 Å². The molecule has 14 aromatic rings. The molecule has 0 radical (unpaired) electrons. The Morgan fingerprint density at radius 1 is 0.455 bits per heavy atom. The molecule has 0 saturated heterocycles. The van der Waals surface area contributed by atoms with E-state index in [9.17, 15) is 0 Å². The maximum absolute atomic E-state index is 7.07. The van der Waals surface area contributed by atoms with Gasteiger partial charge >= 0.3 is 0 Å². The van der Waals surface area contributed by atoms with E-state index in [1.54, 1.807) is 0 Å². The van der Waals surface area contributed by atoms with Gasteiger partial charge in [0.2, 0.25) is 0 Å². The van der Waals surface area contributed by atoms with Crippen molar-refractivity contribution in [2.24, 2.45) is 0 Å². The van der Waals surface area contributed by atoms with E-state index in [4.69, 9.17) is 14.1 Å². The number of benzene rings is 10. The Morgan fingerprint density at radius 3 is 1.84 bits per heavy atom. The number of pyridine rings is 1. The maximum atomic E-state index is 7.07. The first-order valence-electron chi connectivity index (χ1n) is 31.1. The molecule has 0 fully saturated rings. The van der Waals surface area contributed by atoms with Gasteiger partial charge in [0.15, 0.2) is 0 Å². The van der Waals surface area contributed by atoms with Crippen LogP contribution in [0.15, 0.2) is 223 Å². The highest BCUT2D eigenvalue weighted by atomic mass is 16.5. The molecule has 0 unspecified atom stereocenters. The van der Waals surface area contributed by atoms with E-state index < -0.39 is 0 Å². The smallest absolute Gasteiger partial charge is 0.269 e. The second-order valence-electron chi connectivity index (χ2n) is 28.0. The molecule has 0 spiro atoms. The number of para-hydroxylation sites is 3. The van der Waals surface area contributed by atoms with Gasteiger partial charge in [-0.25, -0.2) is 4.98 Å². The van der Waals surface area contributed by atoms with E-state index in [0.717, 1.165) is 124 Å². The SMILES string of the molecule is CC(C)(C)c1ccc(-c2cccc3c2-[n+]2[c-]n(-c4cccc(Oc5ccc6c7ccccc7n(-c7cc(C(C)(C)C)ccn7)c6c5)c4)c4cc(-c5ccc6oc7ccccc7c6c5)cc(c42)-c2ccccc2-c2cc4c(cc2-3)C(C)(C)CCC4(C)C)cc1. The predicted molar refractivity (Wildman–Crippen MR) is 363 cm³/mol. The molecular formula is C82H70N4O2. The van der Waals surface area contributed by atoms with Gasteiger partial charge in [-0.1, -0.05) is 197 Å². The number of imidazole rings is 1. The van der Waals surface area contributed by atoms with Crippen LogP contribution >= 0.6 is 0 Å². The van der Waals surface area contributed by atoms with E-state index in [-0.39, 0.29) is 21.7 Å². The van der Waals surface area contributed by atoms with Crippen molar-refractivity contribution in [1.82, 2.24) is 14.1 Å². The number of hydrogen-bond donors (Lipinski definition) is 0. The van der Waals surface area contributed by atoms with Crippen LogP contribution in [0.5, 0.6) is 11.5 Å². The lowest BCUT2D eigenvalue weighted by molar-refractivity contribution is -0.570. The molecular weight excluding hydrogens is 1070 g/mol. The normalized spacial score (nSPS) is 14.3. The largest absolute Gasteiger partial charge is 0.458 e. The number of furan rings is 1. The van der Waals surface area contributed by atoms with Crippen molar-refractivity contribution in [3.8, 4) is 84.3 Å². The zero-order chi connectivity index (χ0) is 60.2. The van der Waals surface area contributed by atoms with Crippen LogP contribution in [-0.2, 0) is 21.7 Å². The van der Waals surface area contributed by atoms with E-state index in [2.05, 4.69) is 296 Å². The van der Waals surface area contributed by atoms with Crippen LogP contribution in [0.2, 0.25) is 0 Å². The Hall–Kier alpha value is -9.78. The highest BCUT2D eigenvalue weighted by Crippen LogP contribution is 2.53. The molecule has 0 saturated carbocycles. The third-order valence-corrected chi connectivity index (χ3v) is 19.4. The molecule has 1 aliphatic heterocycles. The van der Waals surface area contributed by atoms with Crippen LogP contribution in [0.4, 0.5) is 0 Å². The van der Waals surface area contributed by atoms with E-state index in [1.807, 2.05) is 12.3 Å². The van der Waals surface area contributed by atoms with Gasteiger partial charge in [-0.3, -0.25) is 13.7 Å². The summed E-state index contributed by atoms with van der Waals surface area (Å²) in [5, 5.41) is 4.49. The molecule has 0 N–H and O–H groups in total. The molecule has 6 heteroatoms. The molecule has 1 aliphatic carbocycles. The number of rotatable bonds is 6. The quantitative estimate of drug-likeness (QED) is 0.123. The van der Waals surface area contributed by atoms with Crippen molar-refractivity contribution in [3.05, 3.63) is 247 Å². The van der Waals surface area contributed by atoms with Crippen molar-refractivity contribution in [2.45, 2.75) is 104 Å². The van der Waals surface area contributed by atoms with Crippen molar-refractivity contribution in [3.63, 3.8) is 0 Å². The fourth-order valence-corrected chi connectivity index (χ4v) is 14.4. The van der Waals surface area contributed by atoms with Crippen LogP contribution in [-0.4, -0.2) is 14.1 Å². The summed E-state index contributed by atoms with van der Waals surface area (Å²) in [5.41, 5.74) is 24.7. The van der Waals surface area contributed by atoms with Crippen molar-refractivity contribution >= 4 is 54.8 Å². The van der Waals surface area contributed by atoms with Gasteiger partial charge in [0.05, 0.1) is 33.4 Å². The minimum absolute atomic E-state index is 0.00867. The zero-order valence-corrected chi connectivity index (χ0v) is 51.8. The second kappa shape index (κ2) is 19.4. The van der Waals surface area contributed by atoms with Gasteiger partial charge in [0, 0.05) is 33.8 Å². The molecule has 6 nitrogen and oxygen atoms in total. The summed E-state index contributed by atoms with van der Waals surface area (Å²) in [7, 11) is 0. The summed E-state index contributed by atoms with van der Waals surface area (Å²) >= 11 is 0. The van der Waals surface area contributed by atoms with E-state index in [0.29, 0.717) is 5.75 Å². The fourth-order valence-electron chi connectivity index (χ4n) is 14.4. The summed E-state index contributed by atoms with van der Waals surface area (Å²) in [5.74, 6) is 2.31. The minimum atomic E-state index is -0.0470. The Kier molecular flexibility index (Phi) is 11.8. The summed E-state index contributed by atoms with van der Waals surface area (Å²) in [4.78, 5) is 4.97. The Labute approximate surface area is 515 Å². The Morgan fingerprint density at radius 2 is 1.08 bits per heavy atom. The lowest BCUT2D eigenvalue weighted by atomic mass is 9.62. The molecule has 88 heavy (non-hydrogen) atoms. The Bertz CT molecular complexity index is 5200. The number of hydrogen-bond acceptors (Lipinski definition) is 3. The third-order valence-electron chi connectivity index (χ3n) is 19.4. The summed E-state index contributed by atoms with van der Waals surface area (Å²) in [6, 6.07) is 78.2. The highest BCUT2D eigenvalue weighted by Gasteiger charge is 2.39. The summed E-state index contributed by atoms with van der Waals surface area (Å²) in [6.45, 7) is 23.4. The number of nitrogens with zero attached hydrogens (tertiary/aromatic N) is 4. The van der Waals surface area contributed by atoms with Crippen LogP contribution in [0, 0.1) is 6.33 Å². The highest BCUT2D eigenvalue weighted by molar-refractivity contribution is 6.10. The van der Waals surface area contributed by atoms with Crippen LogP contribution in [0.3, 0.4) is 0 Å². The second-order valence-corrected chi connectivity index (χ2v) is 28.0. The maximum Gasteiger partial charge on any atom is 0.269 e. The fraction of sp³-hybridized carbons (Fsp3) is 0.195. The number of ether oxygens (including phenoxy) is 1. The molecule has 0 atom stereocenters. The molecule has 2 aliphatic rings. The van der Waals surface area contributed by atoms with Crippen LogP contribution < -0.4 is 9.30 Å². The average molecular weight is 1140 g/mol. The molecule has 0 amide bonds. The molecule has 16 rings (SSSR count). The third kappa shape index (κ3) is 8.58. The van der Waals surface area contributed by atoms with Gasteiger partial charge in [-0.15, -0.1) is 0 Å². The van der Waals surface area contributed by atoms with Crippen LogP contribution in [0.25, 0.3) is 128 Å². The van der Waals surface area contributed by atoms with Gasteiger partial charge in [-0.05, 0) is 191 Å². The molecule has 430 valence electrons. The predicted octanol–water partition coefficient (Wildman–Crippen LogP) is 21.5. The molecule has 0 bridgehead atoms. The van der Waals surface area contributed by atoms with Gasteiger partial charge in [-0.2, -0.15) is 0 Å². The first kappa shape index (κ1) is 53.7. The van der Waals surface area contributed by atoms with Gasteiger partial charge in [0.25, 0.3) is 6.33 Å². The standard InChI is InChI=1S/C82H70N4O2/c1-79(2,3)53-32-29-50(30-33-53)58-25-18-26-64-66-48-70-69(81(7,8)38-39-82(70,9)10)47-65(66)59-21-11-12-22-60(59)68-42-52(51-31-36-75-67(41-51)63-24-14-16-28-74(63)88-75)43-73-78(68)85(77(58)64)49-84(73)55-19-17-20-56(45-55)87-57-34-35-62-61-23-13-15-27-71(61)86(72(62)46-57)76-44-54(37-40-83-76)80(4,5)6/h11-37,40-48H,38-39H2,1-10H3. The van der Waals surface area contributed by atoms with Crippen molar-refractivity contribution in [2.75, 3.05) is 0 Å². The summed E-state index contributed by atoms with van der Waals surface area (Å²) in [6.07, 6.45) is 8.31.